The van der Waals surface area contributed by atoms with Gasteiger partial charge in [-0.15, -0.1) is 6.58 Å². The summed E-state index contributed by atoms with van der Waals surface area (Å²) in [4.78, 5) is 23.1. The molecule has 4 heteroatoms. The van der Waals surface area contributed by atoms with Crippen molar-refractivity contribution in [3.8, 4) is 16.9 Å². The van der Waals surface area contributed by atoms with Crippen molar-refractivity contribution < 1.29 is 14.3 Å². The lowest BCUT2D eigenvalue weighted by Crippen LogP contribution is -2.04. The number of rotatable bonds is 5. The molecule has 1 aliphatic rings. The Kier molecular flexibility index (Phi) is 7.44. The van der Waals surface area contributed by atoms with Crippen molar-refractivity contribution in [2.75, 3.05) is 0 Å². The van der Waals surface area contributed by atoms with Crippen molar-refractivity contribution in [2.24, 2.45) is 0 Å². The first-order valence-electron chi connectivity index (χ1n) is 11.4. The fourth-order valence-corrected chi connectivity index (χ4v) is 6.42. The van der Waals surface area contributed by atoms with Crippen LogP contribution in [-0.2, 0) is 11.2 Å². The zero-order chi connectivity index (χ0) is 24.8. The van der Waals surface area contributed by atoms with Gasteiger partial charge in [-0.1, -0.05) is 84.2 Å². The summed E-state index contributed by atoms with van der Waals surface area (Å²) in [6, 6.07) is 28.7. The molecule has 0 fully saturated rings. The lowest BCUT2D eigenvalue weighted by Gasteiger charge is -2.07. The molecule has 4 aromatic rings. The van der Waals surface area contributed by atoms with Crippen LogP contribution in [0.25, 0.3) is 16.8 Å². The molecule has 0 spiro atoms. The first kappa shape index (κ1) is 24.0. The summed E-state index contributed by atoms with van der Waals surface area (Å²) in [6.07, 6.45) is 2.22. The van der Waals surface area contributed by atoms with Gasteiger partial charge in [0.15, 0.2) is 5.78 Å². The number of hydrogen-bond acceptors (Lipinski definition) is 3. The van der Waals surface area contributed by atoms with Crippen LogP contribution in [0.5, 0.6) is 5.75 Å². The predicted molar refractivity (Wildman–Crippen MR) is 144 cm³/mol. The Morgan fingerprint density at radius 3 is 2.14 bits per heavy atom. The van der Waals surface area contributed by atoms with Crippen LogP contribution in [0, 0.1) is 6.92 Å². The molecule has 1 aromatic heterocycles. The molecule has 5 rings (SSSR count). The van der Waals surface area contributed by atoms with Crippen LogP contribution in [0.1, 0.15) is 31.8 Å². The van der Waals surface area contributed by atoms with Crippen LogP contribution in [0.4, 0.5) is 0 Å². The van der Waals surface area contributed by atoms with Gasteiger partial charge in [0.05, 0.1) is 8.40 Å². The Morgan fingerprint density at radius 1 is 0.800 bits per heavy atom. The van der Waals surface area contributed by atoms with Crippen LogP contribution in [0.2, 0.25) is 0 Å². The van der Waals surface area contributed by atoms with E-state index in [1.807, 2.05) is 18.2 Å². The largest absolute Gasteiger partial charge is 0.423 e. The number of hydrogen-bond donors (Lipinski definition) is 0. The van der Waals surface area contributed by atoms with Crippen molar-refractivity contribution in [3.05, 3.63) is 137 Å². The molecule has 172 valence electrons. The molecule has 1 heterocycles. The van der Waals surface area contributed by atoms with Gasteiger partial charge in [0.2, 0.25) is 0 Å². The maximum atomic E-state index is 12.1. The molecule has 3 aromatic carbocycles. The molecule has 0 atom stereocenters. The highest BCUT2D eigenvalue weighted by atomic mass is 28.2. The topological polar surface area (TPSA) is 43.4 Å². The van der Waals surface area contributed by atoms with Gasteiger partial charge in [-0.3, -0.25) is 4.79 Å². The second-order valence-corrected chi connectivity index (χ2v) is 10.8. The van der Waals surface area contributed by atoms with Crippen LogP contribution < -0.4 is 4.74 Å². The average molecular weight is 475 g/mol. The third-order valence-electron chi connectivity index (χ3n) is 5.99. The standard InChI is InChI=1S/C16H12O3.C15H14Si/c1-2-15(17)19-14-10-8-13(9-11-14)16(18)12-6-4-3-5-7-12;1-3-16-11(2)8-9-14-13-7-5-4-6-12(13)10-15(14)16/h2-11H,1H2;3-9H,1,10H2,2H3. The first-order valence-corrected chi connectivity index (χ1v) is 13.0. The quantitative estimate of drug-likeness (QED) is 0.0936. The first-order chi connectivity index (χ1) is 17.0. The van der Waals surface area contributed by atoms with Crippen LogP contribution >= 0.6 is 0 Å². The van der Waals surface area contributed by atoms with Crippen molar-refractivity contribution in [3.63, 3.8) is 0 Å². The average Bonchev–Trinajstić information content (AvgIpc) is 3.28. The van der Waals surface area contributed by atoms with E-state index in [1.165, 1.54) is 21.9 Å². The second-order valence-electron chi connectivity index (χ2n) is 8.21. The molecule has 0 saturated heterocycles. The van der Waals surface area contributed by atoms with Crippen molar-refractivity contribution >= 4 is 25.8 Å². The molecule has 1 aliphatic carbocycles. The van der Waals surface area contributed by atoms with E-state index in [-0.39, 0.29) is 5.78 Å². The Labute approximate surface area is 207 Å². The smallest absolute Gasteiger partial charge is 0.335 e. The number of ketones is 1. The summed E-state index contributed by atoms with van der Waals surface area (Å²) >= 11 is 0. The van der Waals surface area contributed by atoms with Crippen LogP contribution in [-0.4, -0.2) is 20.1 Å². The fourth-order valence-electron chi connectivity index (χ4n) is 4.22. The third kappa shape index (κ3) is 5.34. The van der Waals surface area contributed by atoms with E-state index in [0.717, 1.165) is 12.5 Å². The van der Waals surface area contributed by atoms with Crippen molar-refractivity contribution in [1.82, 2.24) is 0 Å². The van der Waals surface area contributed by atoms with Crippen LogP contribution in [0.15, 0.2) is 110 Å². The molecule has 3 nitrogen and oxygen atoms in total. The summed E-state index contributed by atoms with van der Waals surface area (Å²) < 4.78 is 4.94. The molecule has 0 aliphatic heterocycles. The number of benzene rings is 3. The summed E-state index contributed by atoms with van der Waals surface area (Å²) in [5.41, 5.74) is 7.73. The Hall–Kier alpha value is -4.15. The van der Waals surface area contributed by atoms with Crippen molar-refractivity contribution in [1.29, 1.82) is 0 Å². The zero-order valence-electron chi connectivity index (χ0n) is 19.7. The molecule has 0 N–H and O–H groups in total. The van der Waals surface area contributed by atoms with E-state index in [0.29, 0.717) is 16.9 Å². The molecule has 0 amide bonds. The van der Waals surface area contributed by atoms with Crippen molar-refractivity contribution in [2.45, 2.75) is 13.3 Å². The number of carbonyl (C=O) groups excluding carboxylic acids is 2. The number of ether oxygens (including phenoxy) is 1. The lowest BCUT2D eigenvalue weighted by molar-refractivity contribution is -0.128. The summed E-state index contributed by atoms with van der Waals surface area (Å²) in [6.45, 7) is 9.56. The van der Waals surface area contributed by atoms with E-state index < -0.39 is 14.4 Å². The summed E-state index contributed by atoms with van der Waals surface area (Å²) in [5.74, 6) is -0.209. The minimum atomic E-state index is -0.634. The van der Waals surface area contributed by atoms with Crippen LogP contribution in [0.3, 0.4) is 0 Å². The lowest BCUT2D eigenvalue weighted by atomic mass is 10.0. The Balaban J connectivity index is 0.000000167. The fraction of sp³-hybridized carbons (Fsp3) is 0.0645. The van der Waals surface area contributed by atoms with Gasteiger partial charge in [0, 0.05) is 17.2 Å². The normalized spacial score (nSPS) is 10.8. The van der Waals surface area contributed by atoms with E-state index >= 15 is 0 Å². The van der Waals surface area contributed by atoms with Gasteiger partial charge in [-0.2, -0.15) is 0 Å². The van der Waals surface area contributed by atoms with E-state index in [9.17, 15) is 9.59 Å². The van der Waals surface area contributed by atoms with Gasteiger partial charge in [-0.05, 0) is 59.5 Å². The molecule has 0 unspecified atom stereocenters. The zero-order valence-corrected chi connectivity index (χ0v) is 20.7. The number of esters is 1. The van der Waals surface area contributed by atoms with Gasteiger partial charge >= 0.3 is 5.97 Å². The Morgan fingerprint density at radius 2 is 1.46 bits per heavy atom. The monoisotopic (exact) mass is 474 g/mol. The number of aryl methyl sites for hydroxylation is 1. The summed E-state index contributed by atoms with van der Waals surface area (Å²) in [7, 11) is -0.634. The second kappa shape index (κ2) is 10.8. The summed E-state index contributed by atoms with van der Waals surface area (Å²) in [5, 5.41) is 3.13. The van der Waals surface area contributed by atoms with E-state index in [1.54, 1.807) is 41.6 Å². The van der Waals surface area contributed by atoms with Gasteiger partial charge in [0.25, 0.3) is 0 Å². The highest BCUT2D eigenvalue weighted by molar-refractivity contribution is 6.71. The third-order valence-corrected chi connectivity index (χ3v) is 8.51. The Bertz CT molecular complexity index is 1400. The minimum absolute atomic E-state index is 0.0674. The highest BCUT2D eigenvalue weighted by Gasteiger charge is 2.20. The highest BCUT2D eigenvalue weighted by Crippen LogP contribution is 2.36. The minimum Gasteiger partial charge on any atom is -0.423 e. The molecular formula is C31H26O3Si. The van der Waals surface area contributed by atoms with Gasteiger partial charge in [-0.25, -0.2) is 4.79 Å². The van der Waals surface area contributed by atoms with Gasteiger partial charge < -0.3 is 4.74 Å². The molecule has 0 saturated carbocycles. The van der Waals surface area contributed by atoms with E-state index in [4.69, 9.17) is 4.74 Å². The maximum Gasteiger partial charge on any atom is 0.335 e. The van der Waals surface area contributed by atoms with Gasteiger partial charge in [0.1, 0.15) is 5.75 Å². The van der Waals surface area contributed by atoms with E-state index in [2.05, 4.69) is 62.2 Å². The maximum absolute atomic E-state index is 12.1. The molecular weight excluding hydrogens is 448 g/mol. The molecule has 35 heavy (non-hydrogen) atoms. The molecule has 0 radical (unpaired) electrons. The SMILES string of the molecule is C=CC(=O)Oc1ccc(C(=O)c2ccccc2)cc1.C=C[si]1c(C)ccc2c1Cc1ccccc1-2. The number of carbonyl (C=O) groups is 2. The predicted octanol–water partition coefficient (Wildman–Crippen LogP) is 6.70. The number of fused-ring (bicyclic) bond motifs is 3. The molecule has 0 bridgehead atoms.